The summed E-state index contributed by atoms with van der Waals surface area (Å²) in [5.74, 6) is 0.534. The van der Waals surface area contributed by atoms with Gasteiger partial charge >= 0.3 is 0 Å². The van der Waals surface area contributed by atoms with Gasteiger partial charge < -0.3 is 30.1 Å². The lowest BCUT2D eigenvalue weighted by Crippen LogP contribution is -2.24. The molecule has 2 aromatic heterocycles. The van der Waals surface area contributed by atoms with Crippen molar-refractivity contribution in [3.8, 4) is 0 Å². The standard InChI is InChI=1S/C14H19N5O5/c20-4-10-7(21)1-11(24-10)19-6-17-12-13(15-5-16-14(12)19)18-2-8(22)9(23)3-18/h5-11,20-23H,1-4H2/t7-,8-,9+,10-,11-/m1/s1. The fraction of sp³-hybridized carbons (Fsp3) is 0.643. The first-order chi connectivity index (χ1) is 11.6. The molecule has 0 saturated carbocycles. The lowest BCUT2D eigenvalue weighted by molar-refractivity contribution is -0.0432. The number of aliphatic hydroxyl groups excluding tert-OH is 4. The maximum atomic E-state index is 9.90. The summed E-state index contributed by atoms with van der Waals surface area (Å²) in [4.78, 5) is 14.6. The van der Waals surface area contributed by atoms with Crippen LogP contribution in [0.3, 0.4) is 0 Å². The van der Waals surface area contributed by atoms with E-state index >= 15 is 0 Å². The number of β-amino-alcohol motifs (C(OH)–C–C–N with tert-alkyl or cyclic N) is 2. The zero-order chi connectivity index (χ0) is 16.8. The van der Waals surface area contributed by atoms with Gasteiger partial charge in [-0.15, -0.1) is 0 Å². The van der Waals surface area contributed by atoms with E-state index in [0.717, 1.165) is 0 Å². The number of aromatic nitrogens is 4. The molecule has 2 saturated heterocycles. The minimum absolute atomic E-state index is 0.256. The first-order valence-corrected chi connectivity index (χ1v) is 7.81. The summed E-state index contributed by atoms with van der Waals surface area (Å²) in [5.41, 5.74) is 1.07. The van der Waals surface area contributed by atoms with Gasteiger partial charge in [0.25, 0.3) is 0 Å². The minimum Gasteiger partial charge on any atom is -0.394 e. The number of rotatable bonds is 3. The summed E-state index contributed by atoms with van der Waals surface area (Å²) < 4.78 is 7.34. The number of hydrogen-bond donors (Lipinski definition) is 4. The molecule has 0 radical (unpaired) electrons. The van der Waals surface area contributed by atoms with Crippen molar-refractivity contribution in [1.82, 2.24) is 19.5 Å². The Labute approximate surface area is 137 Å². The molecule has 24 heavy (non-hydrogen) atoms. The van der Waals surface area contributed by atoms with E-state index in [1.165, 1.54) is 6.33 Å². The van der Waals surface area contributed by atoms with Gasteiger partial charge in [-0.25, -0.2) is 15.0 Å². The number of imidazole rings is 1. The molecule has 4 rings (SSSR count). The topological polar surface area (TPSA) is 137 Å². The van der Waals surface area contributed by atoms with Crippen LogP contribution in [-0.2, 0) is 4.74 Å². The van der Waals surface area contributed by atoms with Crippen molar-refractivity contribution in [2.75, 3.05) is 24.6 Å². The predicted molar refractivity (Wildman–Crippen MR) is 81.2 cm³/mol. The van der Waals surface area contributed by atoms with Crippen molar-refractivity contribution in [2.24, 2.45) is 0 Å². The summed E-state index contributed by atoms with van der Waals surface area (Å²) in [6.45, 7) is 0.283. The zero-order valence-electron chi connectivity index (χ0n) is 12.8. The summed E-state index contributed by atoms with van der Waals surface area (Å²) in [6.07, 6.45) is -0.214. The predicted octanol–water partition coefficient (Wildman–Crippen LogP) is -1.99. The van der Waals surface area contributed by atoms with Gasteiger partial charge in [0, 0.05) is 19.5 Å². The van der Waals surface area contributed by atoms with Crippen molar-refractivity contribution < 1.29 is 25.2 Å². The summed E-state index contributed by atoms with van der Waals surface area (Å²) >= 11 is 0. The molecular formula is C14H19N5O5. The lowest BCUT2D eigenvalue weighted by atomic mass is 10.2. The Morgan fingerprint density at radius 1 is 1.08 bits per heavy atom. The molecule has 10 heteroatoms. The highest BCUT2D eigenvalue weighted by Gasteiger charge is 2.36. The van der Waals surface area contributed by atoms with Crippen LogP contribution < -0.4 is 4.90 Å². The smallest absolute Gasteiger partial charge is 0.167 e. The average Bonchev–Trinajstić information content (AvgIpc) is 3.24. The van der Waals surface area contributed by atoms with E-state index < -0.39 is 30.6 Å². The quantitative estimate of drug-likeness (QED) is 0.501. The molecule has 10 nitrogen and oxygen atoms in total. The molecule has 4 heterocycles. The number of fused-ring (bicyclic) bond motifs is 1. The third kappa shape index (κ3) is 2.43. The van der Waals surface area contributed by atoms with Gasteiger partial charge in [-0.3, -0.25) is 4.57 Å². The van der Waals surface area contributed by atoms with Crippen LogP contribution in [0.1, 0.15) is 12.6 Å². The Bertz CT molecular complexity index is 729. The molecule has 2 fully saturated rings. The molecule has 0 bridgehead atoms. The highest BCUT2D eigenvalue weighted by atomic mass is 16.5. The summed E-state index contributed by atoms with van der Waals surface area (Å²) in [7, 11) is 0. The number of ether oxygens (including phenoxy) is 1. The van der Waals surface area contributed by atoms with Gasteiger partial charge in [-0.1, -0.05) is 0 Å². The molecule has 130 valence electrons. The van der Waals surface area contributed by atoms with Gasteiger partial charge in [0.2, 0.25) is 0 Å². The maximum Gasteiger partial charge on any atom is 0.167 e. The average molecular weight is 337 g/mol. The highest BCUT2D eigenvalue weighted by molar-refractivity contribution is 5.83. The van der Waals surface area contributed by atoms with Crippen LogP contribution in [0.25, 0.3) is 11.2 Å². The molecule has 2 aromatic rings. The van der Waals surface area contributed by atoms with Gasteiger partial charge in [0.05, 0.1) is 31.2 Å². The Hall–Kier alpha value is -1.85. The van der Waals surface area contributed by atoms with E-state index in [1.807, 2.05) is 0 Å². The Balaban J connectivity index is 1.67. The molecular weight excluding hydrogens is 318 g/mol. The highest BCUT2D eigenvalue weighted by Crippen LogP contribution is 2.32. The Kier molecular flexibility index (Phi) is 3.85. The molecule has 0 aliphatic carbocycles. The summed E-state index contributed by atoms with van der Waals surface area (Å²) in [5, 5.41) is 38.6. The molecule has 2 aliphatic heterocycles. The SMILES string of the molecule is OC[C@H]1O[C@@H](n2cnc3c(N4C[C@@H](O)[C@@H](O)C4)ncnc32)C[C@H]1O. The molecule has 4 N–H and O–H groups in total. The Morgan fingerprint density at radius 2 is 1.83 bits per heavy atom. The van der Waals surface area contributed by atoms with Gasteiger partial charge in [0.15, 0.2) is 17.0 Å². The molecule has 2 aliphatic rings. The van der Waals surface area contributed by atoms with Crippen LogP contribution in [0.4, 0.5) is 5.82 Å². The van der Waals surface area contributed by atoms with Crippen molar-refractivity contribution in [3.05, 3.63) is 12.7 Å². The molecule has 5 atom stereocenters. The van der Waals surface area contributed by atoms with Crippen LogP contribution in [0.2, 0.25) is 0 Å². The number of hydrogen-bond acceptors (Lipinski definition) is 9. The van der Waals surface area contributed by atoms with E-state index in [0.29, 0.717) is 23.4 Å². The number of aliphatic hydroxyl groups is 4. The van der Waals surface area contributed by atoms with Crippen molar-refractivity contribution in [2.45, 2.75) is 37.1 Å². The first kappa shape index (κ1) is 15.7. The fourth-order valence-electron chi connectivity index (χ4n) is 3.27. The third-order valence-electron chi connectivity index (χ3n) is 4.59. The second kappa shape index (κ2) is 5.90. The van der Waals surface area contributed by atoms with E-state index in [9.17, 15) is 20.4 Å². The number of nitrogens with zero attached hydrogens (tertiary/aromatic N) is 5. The van der Waals surface area contributed by atoms with Crippen LogP contribution in [0.15, 0.2) is 12.7 Å². The van der Waals surface area contributed by atoms with E-state index in [1.54, 1.807) is 15.8 Å². The lowest BCUT2D eigenvalue weighted by Gasteiger charge is -2.17. The second-order valence-corrected chi connectivity index (χ2v) is 6.18. The van der Waals surface area contributed by atoms with E-state index in [4.69, 9.17) is 4.74 Å². The summed E-state index contributed by atoms with van der Waals surface area (Å²) in [6, 6.07) is 0. The first-order valence-electron chi connectivity index (χ1n) is 7.81. The van der Waals surface area contributed by atoms with E-state index in [2.05, 4.69) is 15.0 Å². The van der Waals surface area contributed by atoms with Crippen LogP contribution >= 0.6 is 0 Å². The zero-order valence-corrected chi connectivity index (χ0v) is 12.8. The minimum atomic E-state index is -0.823. The van der Waals surface area contributed by atoms with Crippen molar-refractivity contribution in [3.63, 3.8) is 0 Å². The second-order valence-electron chi connectivity index (χ2n) is 6.18. The fourth-order valence-corrected chi connectivity index (χ4v) is 3.27. The molecule has 0 aromatic carbocycles. The van der Waals surface area contributed by atoms with Gasteiger partial charge in [-0.05, 0) is 0 Å². The van der Waals surface area contributed by atoms with Crippen molar-refractivity contribution >= 4 is 17.0 Å². The van der Waals surface area contributed by atoms with E-state index in [-0.39, 0.29) is 19.7 Å². The van der Waals surface area contributed by atoms with Gasteiger partial charge in [0.1, 0.15) is 18.7 Å². The van der Waals surface area contributed by atoms with Crippen LogP contribution in [0.5, 0.6) is 0 Å². The normalized spacial score (nSPS) is 33.7. The third-order valence-corrected chi connectivity index (χ3v) is 4.59. The monoisotopic (exact) mass is 337 g/mol. The van der Waals surface area contributed by atoms with Crippen LogP contribution in [0, 0.1) is 0 Å². The molecule has 0 amide bonds. The van der Waals surface area contributed by atoms with Crippen molar-refractivity contribution in [1.29, 1.82) is 0 Å². The largest absolute Gasteiger partial charge is 0.394 e. The molecule has 0 unspecified atom stereocenters. The maximum absolute atomic E-state index is 9.90. The van der Waals surface area contributed by atoms with Gasteiger partial charge in [-0.2, -0.15) is 0 Å². The number of anilines is 1. The Morgan fingerprint density at radius 3 is 2.50 bits per heavy atom. The molecule has 0 spiro atoms. The van der Waals surface area contributed by atoms with Crippen LogP contribution in [-0.4, -0.2) is 84.1 Å².